The standard InChI is InChI=1S/C11H17O2P/c1-4-12-14(13-5-2)11-8-6-10(3)7-9-11/h6-9H,4-5H2,1-3H3. The molecule has 1 rings (SSSR count). The molecule has 2 nitrogen and oxygen atoms in total. The van der Waals surface area contributed by atoms with E-state index in [9.17, 15) is 0 Å². The summed E-state index contributed by atoms with van der Waals surface area (Å²) in [5.41, 5.74) is 1.26. The van der Waals surface area contributed by atoms with Gasteiger partial charge in [0.1, 0.15) is 0 Å². The maximum absolute atomic E-state index is 5.55. The third-order valence-electron chi connectivity index (χ3n) is 1.74. The minimum atomic E-state index is -0.868. The van der Waals surface area contributed by atoms with Crippen LogP contribution in [0.15, 0.2) is 24.3 Å². The smallest absolute Gasteiger partial charge is 0.205 e. The number of hydrogen-bond donors (Lipinski definition) is 0. The van der Waals surface area contributed by atoms with Crippen LogP contribution in [0.3, 0.4) is 0 Å². The van der Waals surface area contributed by atoms with E-state index in [0.717, 1.165) is 5.30 Å². The van der Waals surface area contributed by atoms with Crippen LogP contribution in [0.5, 0.6) is 0 Å². The molecule has 0 saturated carbocycles. The van der Waals surface area contributed by atoms with Crippen LogP contribution in [-0.4, -0.2) is 13.2 Å². The number of benzene rings is 1. The number of aryl methyl sites for hydroxylation is 1. The summed E-state index contributed by atoms with van der Waals surface area (Å²) < 4.78 is 11.1. The van der Waals surface area contributed by atoms with E-state index >= 15 is 0 Å². The zero-order chi connectivity index (χ0) is 10.4. The largest absolute Gasteiger partial charge is 0.331 e. The molecule has 0 unspecified atom stereocenters. The Labute approximate surface area is 87.2 Å². The van der Waals surface area contributed by atoms with E-state index in [1.165, 1.54) is 5.56 Å². The molecule has 1 aromatic carbocycles. The van der Waals surface area contributed by atoms with Crippen molar-refractivity contribution in [2.45, 2.75) is 20.8 Å². The van der Waals surface area contributed by atoms with E-state index in [4.69, 9.17) is 9.05 Å². The highest BCUT2D eigenvalue weighted by Gasteiger charge is 2.11. The van der Waals surface area contributed by atoms with E-state index in [1.807, 2.05) is 13.8 Å². The van der Waals surface area contributed by atoms with Crippen LogP contribution >= 0.6 is 8.38 Å². The molecule has 1 aromatic rings. The van der Waals surface area contributed by atoms with Gasteiger partial charge in [0.05, 0.1) is 13.2 Å². The molecular weight excluding hydrogens is 195 g/mol. The van der Waals surface area contributed by atoms with Gasteiger partial charge in [-0.2, -0.15) is 0 Å². The van der Waals surface area contributed by atoms with Crippen LogP contribution in [0.25, 0.3) is 0 Å². The Morgan fingerprint density at radius 1 is 1.00 bits per heavy atom. The zero-order valence-electron chi connectivity index (χ0n) is 8.99. The highest BCUT2D eigenvalue weighted by Crippen LogP contribution is 2.36. The van der Waals surface area contributed by atoms with Gasteiger partial charge in [-0.15, -0.1) is 0 Å². The molecule has 3 heteroatoms. The lowest BCUT2D eigenvalue weighted by atomic mass is 10.2. The first kappa shape index (κ1) is 11.6. The van der Waals surface area contributed by atoms with Gasteiger partial charge >= 0.3 is 0 Å². The molecule has 0 heterocycles. The minimum Gasteiger partial charge on any atom is -0.331 e. The molecule has 0 aliphatic heterocycles. The van der Waals surface area contributed by atoms with Crippen LogP contribution in [0, 0.1) is 6.92 Å². The Kier molecular flexibility index (Phi) is 5.10. The van der Waals surface area contributed by atoms with Crippen molar-refractivity contribution >= 4 is 13.7 Å². The highest BCUT2D eigenvalue weighted by atomic mass is 31.2. The van der Waals surface area contributed by atoms with Crippen molar-refractivity contribution in [1.29, 1.82) is 0 Å². The average Bonchev–Trinajstić information content (AvgIpc) is 2.19. The topological polar surface area (TPSA) is 18.5 Å². The first-order chi connectivity index (χ1) is 6.77. The van der Waals surface area contributed by atoms with Crippen molar-refractivity contribution < 1.29 is 9.05 Å². The van der Waals surface area contributed by atoms with Gasteiger partial charge in [0.25, 0.3) is 0 Å². The van der Waals surface area contributed by atoms with Gasteiger partial charge in [0.2, 0.25) is 8.38 Å². The molecule has 0 amide bonds. The molecule has 0 N–H and O–H groups in total. The maximum Gasteiger partial charge on any atom is 0.205 e. The second-order valence-corrected chi connectivity index (χ2v) is 4.48. The van der Waals surface area contributed by atoms with E-state index in [0.29, 0.717) is 13.2 Å². The second kappa shape index (κ2) is 6.13. The zero-order valence-corrected chi connectivity index (χ0v) is 9.88. The second-order valence-electron chi connectivity index (χ2n) is 2.93. The molecule has 14 heavy (non-hydrogen) atoms. The van der Waals surface area contributed by atoms with Crippen molar-refractivity contribution in [2.75, 3.05) is 13.2 Å². The normalized spacial score (nSPS) is 10.9. The lowest BCUT2D eigenvalue weighted by molar-refractivity contribution is 0.277. The van der Waals surface area contributed by atoms with E-state index in [1.54, 1.807) is 0 Å². The summed E-state index contributed by atoms with van der Waals surface area (Å²) in [6.45, 7) is 7.44. The number of rotatable bonds is 5. The summed E-state index contributed by atoms with van der Waals surface area (Å²) in [6, 6.07) is 8.32. The van der Waals surface area contributed by atoms with Gasteiger partial charge in [-0.1, -0.05) is 17.7 Å². The lowest BCUT2D eigenvalue weighted by Gasteiger charge is -2.15. The summed E-state index contributed by atoms with van der Waals surface area (Å²) in [7, 11) is -0.868. The fourth-order valence-electron chi connectivity index (χ4n) is 1.09. The first-order valence-corrected chi connectivity index (χ1v) is 6.08. The van der Waals surface area contributed by atoms with Crippen molar-refractivity contribution in [3.63, 3.8) is 0 Å². The van der Waals surface area contributed by atoms with Gasteiger partial charge in [-0.05, 0) is 32.9 Å². The fourth-order valence-corrected chi connectivity index (χ4v) is 2.32. The van der Waals surface area contributed by atoms with Crippen LogP contribution in [-0.2, 0) is 9.05 Å². The summed E-state index contributed by atoms with van der Waals surface area (Å²) in [5.74, 6) is 0. The fraction of sp³-hybridized carbons (Fsp3) is 0.455. The molecule has 0 spiro atoms. The van der Waals surface area contributed by atoms with Crippen LogP contribution in [0.1, 0.15) is 19.4 Å². The SMILES string of the molecule is CCOP(OCC)c1ccc(C)cc1. The Bertz CT molecular complexity index is 252. The molecule has 0 atom stereocenters. The van der Waals surface area contributed by atoms with Gasteiger partial charge in [0, 0.05) is 5.30 Å². The molecule has 0 saturated heterocycles. The predicted octanol–water partition coefficient (Wildman–Crippen LogP) is 3.01. The van der Waals surface area contributed by atoms with Gasteiger partial charge in [0.15, 0.2) is 0 Å². The van der Waals surface area contributed by atoms with Gasteiger partial charge in [-0.25, -0.2) is 0 Å². The minimum absolute atomic E-state index is 0.694. The summed E-state index contributed by atoms with van der Waals surface area (Å²) in [6.07, 6.45) is 0. The van der Waals surface area contributed by atoms with Crippen LogP contribution < -0.4 is 5.30 Å². The Balaban J connectivity index is 2.71. The van der Waals surface area contributed by atoms with Crippen molar-refractivity contribution in [3.05, 3.63) is 29.8 Å². The Morgan fingerprint density at radius 2 is 1.50 bits per heavy atom. The van der Waals surface area contributed by atoms with Crippen LogP contribution in [0.2, 0.25) is 0 Å². The molecule has 0 aromatic heterocycles. The molecule has 0 bridgehead atoms. The van der Waals surface area contributed by atoms with Crippen molar-refractivity contribution in [1.82, 2.24) is 0 Å². The molecule has 0 radical (unpaired) electrons. The Morgan fingerprint density at radius 3 is 1.93 bits per heavy atom. The summed E-state index contributed by atoms with van der Waals surface area (Å²) in [4.78, 5) is 0. The number of hydrogen-bond acceptors (Lipinski definition) is 2. The van der Waals surface area contributed by atoms with Crippen molar-refractivity contribution in [3.8, 4) is 0 Å². The average molecular weight is 212 g/mol. The lowest BCUT2D eigenvalue weighted by Crippen LogP contribution is -2.05. The van der Waals surface area contributed by atoms with E-state index in [2.05, 4.69) is 31.2 Å². The third kappa shape index (κ3) is 3.38. The molecule has 0 fully saturated rings. The first-order valence-electron chi connectivity index (χ1n) is 4.90. The van der Waals surface area contributed by atoms with Crippen LogP contribution in [0.4, 0.5) is 0 Å². The van der Waals surface area contributed by atoms with Crippen molar-refractivity contribution in [2.24, 2.45) is 0 Å². The predicted molar refractivity (Wildman–Crippen MR) is 61.0 cm³/mol. The third-order valence-corrected chi connectivity index (χ3v) is 3.44. The highest BCUT2D eigenvalue weighted by molar-refractivity contribution is 7.55. The van der Waals surface area contributed by atoms with E-state index in [-0.39, 0.29) is 0 Å². The maximum atomic E-state index is 5.55. The molecular formula is C11H17O2P. The quantitative estimate of drug-likeness (QED) is 0.698. The summed E-state index contributed by atoms with van der Waals surface area (Å²) >= 11 is 0. The van der Waals surface area contributed by atoms with Gasteiger partial charge < -0.3 is 9.05 Å². The molecule has 0 aliphatic carbocycles. The molecule has 78 valence electrons. The Hall–Kier alpha value is -0.430. The monoisotopic (exact) mass is 212 g/mol. The molecule has 0 aliphatic rings. The van der Waals surface area contributed by atoms with Gasteiger partial charge in [-0.3, -0.25) is 0 Å². The van der Waals surface area contributed by atoms with E-state index < -0.39 is 8.38 Å². The summed E-state index contributed by atoms with van der Waals surface area (Å²) in [5, 5.41) is 1.15.